The standard InChI is InChI=1S/C42H53N9O5/c1-28-34(26-45-51(28)33-16-20-48(21-17-33)40(55)56-41(2,3)4)37(52)46-32-13-12-31(43-25-32)24-44-38(53)35-14-15-36-42(18-7-19-42)49(22-23-50(35)36)27-29-8-10-30(11-9-29)39(54)47(5)6/h8-15,25-26,33H,7,16-24,27H2,1-6H3,(H,44,53)(H,46,52). The number of fused-ring (bicyclic) bond motifs is 2. The van der Waals surface area contributed by atoms with E-state index in [0.29, 0.717) is 47.8 Å². The quantitative estimate of drug-likeness (QED) is 0.220. The fourth-order valence-electron chi connectivity index (χ4n) is 8.15. The second-order valence-electron chi connectivity index (χ2n) is 16.4. The van der Waals surface area contributed by atoms with Gasteiger partial charge in [-0.3, -0.25) is 28.9 Å². The lowest BCUT2D eigenvalue weighted by atomic mass is 9.71. The summed E-state index contributed by atoms with van der Waals surface area (Å²) in [4.78, 5) is 61.9. The Hall–Kier alpha value is -5.50. The van der Waals surface area contributed by atoms with Crippen LogP contribution in [0.4, 0.5) is 10.5 Å². The molecule has 2 fully saturated rings. The maximum atomic E-state index is 13.5. The third-order valence-electron chi connectivity index (χ3n) is 11.3. The first kappa shape index (κ1) is 38.8. The SMILES string of the molecule is Cc1c(C(=O)Nc2ccc(CNC(=O)c3ccc4n3CCN(Cc3ccc(C(=O)N(C)C)cc3)C43CCC3)nc2)cnn1C1CCN(C(=O)OC(C)(C)C)CC1. The molecule has 296 valence electrons. The molecule has 7 rings (SSSR count). The van der Waals surface area contributed by atoms with Crippen LogP contribution in [0.3, 0.4) is 0 Å². The maximum Gasteiger partial charge on any atom is 0.410 e. The molecule has 0 unspecified atom stereocenters. The molecule has 1 spiro atoms. The highest BCUT2D eigenvalue weighted by molar-refractivity contribution is 6.04. The van der Waals surface area contributed by atoms with Crippen LogP contribution in [-0.2, 0) is 29.9 Å². The van der Waals surface area contributed by atoms with E-state index >= 15 is 0 Å². The summed E-state index contributed by atoms with van der Waals surface area (Å²) >= 11 is 0. The Labute approximate surface area is 328 Å². The average molecular weight is 764 g/mol. The Morgan fingerprint density at radius 1 is 0.911 bits per heavy atom. The number of rotatable bonds is 9. The molecule has 4 aromatic rings. The van der Waals surface area contributed by atoms with E-state index in [1.54, 1.807) is 48.4 Å². The summed E-state index contributed by atoms with van der Waals surface area (Å²) in [6, 6.07) is 15.6. The molecule has 1 aliphatic carbocycles. The zero-order valence-electron chi connectivity index (χ0n) is 33.3. The van der Waals surface area contributed by atoms with Crippen LogP contribution in [0.1, 0.15) is 113 Å². The highest BCUT2D eigenvalue weighted by Gasteiger charge is 2.48. The molecule has 1 aromatic carbocycles. The van der Waals surface area contributed by atoms with Gasteiger partial charge in [0.2, 0.25) is 0 Å². The third-order valence-corrected chi connectivity index (χ3v) is 11.3. The molecule has 2 aliphatic heterocycles. The van der Waals surface area contributed by atoms with E-state index in [1.807, 2.05) is 62.7 Å². The lowest BCUT2D eigenvalue weighted by molar-refractivity contribution is -0.0217. The van der Waals surface area contributed by atoms with Crippen molar-refractivity contribution >= 4 is 29.5 Å². The van der Waals surface area contributed by atoms with E-state index < -0.39 is 5.60 Å². The first-order chi connectivity index (χ1) is 26.7. The number of carbonyl (C=O) groups is 4. The molecule has 2 N–H and O–H groups in total. The van der Waals surface area contributed by atoms with Gasteiger partial charge in [-0.15, -0.1) is 0 Å². The molecule has 0 radical (unpaired) electrons. The number of amides is 4. The van der Waals surface area contributed by atoms with Crippen molar-refractivity contribution in [2.24, 2.45) is 0 Å². The van der Waals surface area contributed by atoms with E-state index in [-0.39, 0.29) is 41.9 Å². The number of nitrogens with one attached hydrogen (secondary N) is 2. The predicted molar refractivity (Wildman–Crippen MR) is 211 cm³/mol. The van der Waals surface area contributed by atoms with Crippen molar-refractivity contribution in [1.82, 2.24) is 39.3 Å². The first-order valence-corrected chi connectivity index (χ1v) is 19.5. The zero-order valence-corrected chi connectivity index (χ0v) is 33.3. The number of ether oxygens (including phenoxy) is 1. The van der Waals surface area contributed by atoms with Gasteiger partial charge in [0.05, 0.1) is 47.5 Å². The van der Waals surface area contributed by atoms with Crippen LogP contribution in [0.5, 0.6) is 0 Å². The Balaban J connectivity index is 0.916. The molecule has 1 saturated carbocycles. The van der Waals surface area contributed by atoms with Gasteiger partial charge in [-0.05, 0) is 102 Å². The van der Waals surface area contributed by atoms with Gasteiger partial charge in [0.15, 0.2) is 0 Å². The van der Waals surface area contributed by atoms with Crippen molar-refractivity contribution in [1.29, 1.82) is 0 Å². The number of pyridine rings is 1. The summed E-state index contributed by atoms with van der Waals surface area (Å²) in [5, 5.41) is 10.5. The predicted octanol–water partition coefficient (Wildman–Crippen LogP) is 5.74. The molecule has 56 heavy (non-hydrogen) atoms. The van der Waals surface area contributed by atoms with Crippen LogP contribution in [0, 0.1) is 6.92 Å². The van der Waals surface area contributed by atoms with Gasteiger partial charge in [-0.1, -0.05) is 12.1 Å². The number of likely N-dealkylation sites (tertiary alicyclic amines) is 1. The zero-order chi connectivity index (χ0) is 39.8. The summed E-state index contributed by atoms with van der Waals surface area (Å²) in [6.45, 7) is 11.1. The fourth-order valence-corrected chi connectivity index (χ4v) is 8.15. The van der Waals surface area contributed by atoms with Crippen molar-refractivity contribution in [3.63, 3.8) is 0 Å². The number of benzene rings is 1. The van der Waals surface area contributed by atoms with Gasteiger partial charge < -0.3 is 29.7 Å². The number of nitrogens with zero attached hydrogens (tertiary/aromatic N) is 7. The van der Waals surface area contributed by atoms with Gasteiger partial charge in [-0.2, -0.15) is 5.10 Å². The Bertz CT molecular complexity index is 2080. The second kappa shape index (κ2) is 15.6. The molecular formula is C42H53N9O5. The molecule has 0 atom stereocenters. The van der Waals surface area contributed by atoms with Crippen LogP contribution in [0.2, 0.25) is 0 Å². The number of hydrogen-bond acceptors (Lipinski definition) is 8. The minimum Gasteiger partial charge on any atom is -0.444 e. The molecule has 14 nitrogen and oxygen atoms in total. The number of anilines is 1. The molecule has 5 heterocycles. The van der Waals surface area contributed by atoms with Gasteiger partial charge in [0.25, 0.3) is 17.7 Å². The van der Waals surface area contributed by atoms with E-state index in [1.165, 1.54) is 11.3 Å². The van der Waals surface area contributed by atoms with Crippen LogP contribution in [0.25, 0.3) is 0 Å². The van der Waals surface area contributed by atoms with E-state index in [9.17, 15) is 19.2 Å². The Kier molecular flexibility index (Phi) is 10.8. The van der Waals surface area contributed by atoms with E-state index in [0.717, 1.165) is 50.9 Å². The molecule has 3 aliphatic rings. The number of aromatic nitrogens is 4. The Morgan fingerprint density at radius 3 is 2.27 bits per heavy atom. The van der Waals surface area contributed by atoms with Crippen molar-refractivity contribution < 1.29 is 23.9 Å². The molecule has 4 amide bonds. The molecule has 0 bridgehead atoms. The largest absolute Gasteiger partial charge is 0.444 e. The normalized spacial score (nSPS) is 16.9. The molecule has 14 heteroatoms. The van der Waals surface area contributed by atoms with Crippen molar-refractivity contribution in [2.75, 3.05) is 39.0 Å². The Morgan fingerprint density at radius 2 is 1.64 bits per heavy atom. The van der Waals surface area contributed by atoms with Gasteiger partial charge >= 0.3 is 6.09 Å². The number of piperidine rings is 1. The minimum atomic E-state index is -0.541. The van der Waals surface area contributed by atoms with Crippen LogP contribution in [-0.4, -0.2) is 97.2 Å². The highest BCUT2D eigenvalue weighted by Crippen LogP contribution is 2.49. The summed E-state index contributed by atoms with van der Waals surface area (Å²) in [5.74, 6) is -0.436. The smallest absolute Gasteiger partial charge is 0.410 e. The topological polar surface area (TPSA) is 147 Å². The van der Waals surface area contributed by atoms with Crippen molar-refractivity contribution in [3.8, 4) is 0 Å². The first-order valence-electron chi connectivity index (χ1n) is 19.5. The van der Waals surface area contributed by atoms with Crippen molar-refractivity contribution in [2.45, 2.75) is 96.6 Å². The monoisotopic (exact) mass is 763 g/mol. The van der Waals surface area contributed by atoms with Crippen LogP contribution < -0.4 is 10.6 Å². The minimum absolute atomic E-state index is 0.00573. The maximum absolute atomic E-state index is 13.5. The van der Waals surface area contributed by atoms with Gasteiger partial charge in [-0.25, -0.2) is 4.79 Å². The molecular weight excluding hydrogens is 711 g/mol. The number of carbonyl (C=O) groups excluding carboxylic acids is 4. The molecule has 1 saturated heterocycles. The summed E-state index contributed by atoms with van der Waals surface area (Å²) in [6.07, 6.45) is 7.53. The summed E-state index contributed by atoms with van der Waals surface area (Å²) in [5.41, 5.74) is 5.48. The lowest BCUT2D eigenvalue weighted by Crippen LogP contribution is -2.56. The van der Waals surface area contributed by atoms with E-state index in [2.05, 4.69) is 36.2 Å². The summed E-state index contributed by atoms with van der Waals surface area (Å²) in [7, 11) is 3.52. The fraction of sp³-hybridized carbons (Fsp3) is 0.476. The molecule has 3 aromatic heterocycles. The second-order valence-corrected chi connectivity index (χ2v) is 16.4. The van der Waals surface area contributed by atoms with Gasteiger partial charge in [0, 0.05) is 63.8 Å². The van der Waals surface area contributed by atoms with Gasteiger partial charge in [0.1, 0.15) is 11.3 Å². The van der Waals surface area contributed by atoms with Crippen LogP contribution in [0.15, 0.2) is 60.9 Å². The average Bonchev–Trinajstić information content (AvgIpc) is 3.77. The van der Waals surface area contributed by atoms with Crippen molar-refractivity contribution in [3.05, 3.63) is 100 Å². The lowest BCUT2D eigenvalue weighted by Gasteiger charge is -2.53. The number of hydrogen-bond donors (Lipinski definition) is 2. The highest BCUT2D eigenvalue weighted by atomic mass is 16.6. The third kappa shape index (κ3) is 7.93. The van der Waals surface area contributed by atoms with E-state index in [4.69, 9.17) is 4.74 Å². The van der Waals surface area contributed by atoms with Crippen LogP contribution >= 0.6 is 0 Å². The summed E-state index contributed by atoms with van der Waals surface area (Å²) < 4.78 is 9.57.